The van der Waals surface area contributed by atoms with Gasteiger partial charge >= 0.3 is 5.97 Å². The number of nitrogens with zero attached hydrogens (tertiary/aromatic N) is 1. The van der Waals surface area contributed by atoms with Gasteiger partial charge in [0.1, 0.15) is 0 Å². The summed E-state index contributed by atoms with van der Waals surface area (Å²) in [6.07, 6.45) is 4.86. The molecule has 1 aliphatic carbocycles. The van der Waals surface area contributed by atoms with Crippen LogP contribution in [0.3, 0.4) is 0 Å². The first-order valence-electron chi connectivity index (χ1n) is 6.79. The summed E-state index contributed by atoms with van der Waals surface area (Å²) in [4.78, 5) is 13.1. The quantitative estimate of drug-likeness (QED) is 0.776. The third kappa shape index (κ3) is 4.66. The second-order valence-corrected chi connectivity index (χ2v) is 6.39. The summed E-state index contributed by atoms with van der Waals surface area (Å²) in [7, 11) is 0. The van der Waals surface area contributed by atoms with Crippen molar-refractivity contribution in [1.82, 2.24) is 4.90 Å². The summed E-state index contributed by atoms with van der Waals surface area (Å²) in [5.74, 6) is -0.680. The Labute approximate surface area is 105 Å². The first kappa shape index (κ1) is 14.5. The maximum absolute atomic E-state index is 10.6. The summed E-state index contributed by atoms with van der Waals surface area (Å²) in [6, 6.07) is 1.17. The van der Waals surface area contributed by atoms with Crippen molar-refractivity contribution in [3.63, 3.8) is 0 Å². The molecular formula is C14H27NO2. The summed E-state index contributed by atoms with van der Waals surface area (Å²) in [5.41, 5.74) is 0.463. The molecule has 0 aromatic heterocycles. The molecule has 0 aliphatic heterocycles. The van der Waals surface area contributed by atoms with Crippen LogP contribution in [0.4, 0.5) is 0 Å². The van der Waals surface area contributed by atoms with Crippen LogP contribution in [0.2, 0.25) is 0 Å². The maximum atomic E-state index is 10.6. The van der Waals surface area contributed by atoms with Gasteiger partial charge in [-0.15, -0.1) is 0 Å². The maximum Gasteiger partial charge on any atom is 0.303 e. The molecular weight excluding hydrogens is 214 g/mol. The van der Waals surface area contributed by atoms with E-state index in [1.165, 1.54) is 19.3 Å². The highest BCUT2D eigenvalue weighted by Crippen LogP contribution is 2.39. The molecule has 0 bridgehead atoms. The lowest BCUT2D eigenvalue weighted by atomic mass is 9.91. The minimum Gasteiger partial charge on any atom is -0.481 e. The highest BCUT2D eigenvalue weighted by atomic mass is 16.4. The van der Waals surface area contributed by atoms with E-state index in [1.807, 2.05) is 0 Å². The van der Waals surface area contributed by atoms with Crippen LogP contribution in [0.25, 0.3) is 0 Å². The standard InChI is InChI=1S/C14H27NO2/c1-11(2)15(9-5-6-13(16)17)12-7-8-14(3,4)10-12/h11-12H,5-10H2,1-4H3,(H,16,17). The van der Waals surface area contributed by atoms with Crippen LogP contribution >= 0.6 is 0 Å². The zero-order valence-electron chi connectivity index (χ0n) is 11.7. The number of rotatable bonds is 6. The summed E-state index contributed by atoms with van der Waals surface area (Å²) in [6.45, 7) is 10.0. The van der Waals surface area contributed by atoms with E-state index in [1.54, 1.807) is 0 Å². The van der Waals surface area contributed by atoms with Gasteiger partial charge in [-0.2, -0.15) is 0 Å². The topological polar surface area (TPSA) is 40.5 Å². The number of hydrogen-bond donors (Lipinski definition) is 1. The normalized spacial score (nSPS) is 23.5. The van der Waals surface area contributed by atoms with E-state index in [9.17, 15) is 4.79 Å². The fraction of sp³-hybridized carbons (Fsp3) is 0.929. The molecule has 0 saturated heterocycles. The molecule has 100 valence electrons. The van der Waals surface area contributed by atoms with Crippen LogP contribution in [0, 0.1) is 5.41 Å². The van der Waals surface area contributed by atoms with Gasteiger partial charge in [-0.05, 0) is 51.5 Å². The van der Waals surface area contributed by atoms with Gasteiger partial charge in [0, 0.05) is 18.5 Å². The van der Waals surface area contributed by atoms with E-state index >= 15 is 0 Å². The summed E-state index contributed by atoms with van der Waals surface area (Å²) < 4.78 is 0. The highest BCUT2D eigenvalue weighted by molar-refractivity contribution is 5.66. The van der Waals surface area contributed by atoms with Crippen LogP contribution in [0.5, 0.6) is 0 Å². The third-order valence-corrected chi connectivity index (χ3v) is 3.88. The number of hydrogen-bond acceptors (Lipinski definition) is 2. The second-order valence-electron chi connectivity index (χ2n) is 6.39. The monoisotopic (exact) mass is 241 g/mol. The smallest absolute Gasteiger partial charge is 0.303 e. The summed E-state index contributed by atoms with van der Waals surface area (Å²) >= 11 is 0. The van der Waals surface area contributed by atoms with Gasteiger partial charge in [0.15, 0.2) is 0 Å². The second kappa shape index (κ2) is 5.85. The molecule has 0 amide bonds. The minimum absolute atomic E-state index is 0.291. The van der Waals surface area contributed by atoms with Crippen LogP contribution in [0.15, 0.2) is 0 Å². The van der Waals surface area contributed by atoms with Gasteiger partial charge in [-0.3, -0.25) is 9.69 Å². The zero-order chi connectivity index (χ0) is 13.1. The molecule has 1 fully saturated rings. The number of carbonyl (C=O) groups is 1. The van der Waals surface area contributed by atoms with E-state index in [2.05, 4.69) is 32.6 Å². The first-order valence-corrected chi connectivity index (χ1v) is 6.79. The Morgan fingerprint density at radius 1 is 1.47 bits per heavy atom. The lowest BCUT2D eigenvalue weighted by molar-refractivity contribution is -0.137. The van der Waals surface area contributed by atoms with E-state index in [-0.39, 0.29) is 0 Å². The van der Waals surface area contributed by atoms with Crippen LogP contribution in [-0.2, 0) is 4.79 Å². The molecule has 0 spiro atoms. The zero-order valence-corrected chi connectivity index (χ0v) is 11.7. The van der Waals surface area contributed by atoms with Gasteiger partial charge in [-0.1, -0.05) is 13.8 Å². The van der Waals surface area contributed by atoms with Gasteiger partial charge in [0.2, 0.25) is 0 Å². The Balaban J connectivity index is 2.46. The molecule has 3 nitrogen and oxygen atoms in total. The van der Waals surface area contributed by atoms with E-state index < -0.39 is 5.97 Å². The molecule has 0 heterocycles. The van der Waals surface area contributed by atoms with E-state index in [0.717, 1.165) is 13.0 Å². The van der Waals surface area contributed by atoms with Crippen LogP contribution in [-0.4, -0.2) is 34.6 Å². The fourth-order valence-electron chi connectivity index (χ4n) is 2.96. The lowest BCUT2D eigenvalue weighted by Gasteiger charge is -2.33. The number of carboxylic acid groups (broad SMARTS) is 1. The average Bonchev–Trinajstić information content (AvgIpc) is 2.52. The van der Waals surface area contributed by atoms with Gasteiger partial charge in [0.05, 0.1) is 0 Å². The lowest BCUT2D eigenvalue weighted by Crippen LogP contribution is -2.40. The van der Waals surface area contributed by atoms with E-state index in [4.69, 9.17) is 5.11 Å². The fourth-order valence-corrected chi connectivity index (χ4v) is 2.96. The Bertz CT molecular complexity index is 261. The molecule has 17 heavy (non-hydrogen) atoms. The Morgan fingerprint density at radius 2 is 2.12 bits per heavy atom. The molecule has 1 unspecified atom stereocenters. The average molecular weight is 241 g/mol. The largest absolute Gasteiger partial charge is 0.481 e. The Kier molecular flexibility index (Phi) is 4.99. The van der Waals surface area contributed by atoms with Crippen molar-refractivity contribution >= 4 is 5.97 Å². The number of aliphatic carboxylic acids is 1. The molecule has 1 N–H and O–H groups in total. The molecule has 1 rings (SSSR count). The van der Waals surface area contributed by atoms with Crippen LogP contribution < -0.4 is 0 Å². The molecule has 1 aliphatic rings. The Hall–Kier alpha value is -0.570. The predicted molar refractivity (Wildman–Crippen MR) is 70.1 cm³/mol. The molecule has 3 heteroatoms. The van der Waals surface area contributed by atoms with Crippen molar-refractivity contribution in [2.24, 2.45) is 5.41 Å². The van der Waals surface area contributed by atoms with Gasteiger partial charge < -0.3 is 5.11 Å². The van der Waals surface area contributed by atoms with Crippen molar-refractivity contribution < 1.29 is 9.90 Å². The van der Waals surface area contributed by atoms with Crippen molar-refractivity contribution in [2.75, 3.05) is 6.54 Å². The molecule has 1 atom stereocenters. The predicted octanol–water partition coefficient (Wildman–Crippen LogP) is 3.14. The third-order valence-electron chi connectivity index (χ3n) is 3.88. The molecule has 0 aromatic carbocycles. The first-order chi connectivity index (χ1) is 7.82. The Morgan fingerprint density at radius 3 is 2.53 bits per heavy atom. The molecule has 1 saturated carbocycles. The molecule has 0 radical (unpaired) electrons. The van der Waals surface area contributed by atoms with Crippen molar-refractivity contribution in [2.45, 2.75) is 71.9 Å². The van der Waals surface area contributed by atoms with Crippen molar-refractivity contribution in [3.05, 3.63) is 0 Å². The minimum atomic E-state index is -0.680. The molecule has 0 aromatic rings. The van der Waals surface area contributed by atoms with E-state index in [0.29, 0.717) is 23.9 Å². The van der Waals surface area contributed by atoms with Crippen LogP contribution in [0.1, 0.15) is 59.8 Å². The highest BCUT2D eigenvalue weighted by Gasteiger charge is 2.34. The van der Waals surface area contributed by atoms with Gasteiger partial charge in [-0.25, -0.2) is 0 Å². The number of carboxylic acids is 1. The SMILES string of the molecule is CC(C)N(CCCC(=O)O)C1CCC(C)(C)C1. The van der Waals surface area contributed by atoms with Crippen molar-refractivity contribution in [3.8, 4) is 0 Å². The van der Waals surface area contributed by atoms with Crippen molar-refractivity contribution in [1.29, 1.82) is 0 Å². The summed E-state index contributed by atoms with van der Waals surface area (Å²) in [5, 5.41) is 8.69. The van der Waals surface area contributed by atoms with Gasteiger partial charge in [0.25, 0.3) is 0 Å².